The summed E-state index contributed by atoms with van der Waals surface area (Å²) in [5.74, 6) is 1.12. The molecule has 5 heteroatoms. The molecule has 0 saturated carbocycles. The Kier molecular flexibility index (Phi) is 4.55. The quantitative estimate of drug-likeness (QED) is 0.849. The Morgan fingerprint density at radius 1 is 1.30 bits per heavy atom. The van der Waals surface area contributed by atoms with Gasteiger partial charge in [-0.25, -0.2) is 0 Å². The molecule has 1 atom stereocenters. The van der Waals surface area contributed by atoms with Crippen LogP contribution in [0.25, 0.3) is 0 Å². The van der Waals surface area contributed by atoms with E-state index in [0.29, 0.717) is 32.5 Å². The number of carbonyl (C=O) groups is 2. The van der Waals surface area contributed by atoms with Gasteiger partial charge in [0.05, 0.1) is 19.0 Å². The predicted molar refractivity (Wildman–Crippen MR) is 87.2 cm³/mol. The Morgan fingerprint density at radius 3 is 2.78 bits per heavy atom. The van der Waals surface area contributed by atoms with Crippen LogP contribution in [0.5, 0.6) is 5.75 Å². The van der Waals surface area contributed by atoms with Crippen molar-refractivity contribution < 1.29 is 14.3 Å². The number of ether oxygens (including phenoxy) is 1. The van der Waals surface area contributed by atoms with Crippen LogP contribution in [0.4, 0.5) is 0 Å². The number of hydrogen-bond acceptors (Lipinski definition) is 3. The molecule has 3 rings (SSSR count). The lowest BCUT2D eigenvalue weighted by atomic mass is 9.95. The minimum Gasteiger partial charge on any atom is -0.487 e. The highest BCUT2D eigenvalue weighted by Gasteiger charge is 2.38. The first kappa shape index (κ1) is 15.8. The zero-order chi connectivity index (χ0) is 16.4. The largest absolute Gasteiger partial charge is 0.487 e. The van der Waals surface area contributed by atoms with Gasteiger partial charge in [0.25, 0.3) is 0 Å². The number of likely N-dealkylation sites (tertiary alicyclic amines) is 2. The second-order valence-electron chi connectivity index (χ2n) is 6.49. The van der Waals surface area contributed by atoms with Crippen molar-refractivity contribution in [1.29, 1.82) is 0 Å². The van der Waals surface area contributed by atoms with Crippen LogP contribution in [0.15, 0.2) is 24.3 Å². The van der Waals surface area contributed by atoms with E-state index in [0.717, 1.165) is 12.2 Å². The van der Waals surface area contributed by atoms with Crippen LogP contribution in [0.1, 0.15) is 25.3 Å². The van der Waals surface area contributed by atoms with Crippen molar-refractivity contribution in [2.24, 2.45) is 5.92 Å². The third kappa shape index (κ3) is 3.49. The second-order valence-corrected chi connectivity index (χ2v) is 6.49. The zero-order valence-electron chi connectivity index (χ0n) is 13.8. The first-order chi connectivity index (χ1) is 11.1. The maximum atomic E-state index is 12.5. The second kappa shape index (κ2) is 6.60. The molecule has 23 heavy (non-hydrogen) atoms. The SMILES string of the molecule is CCc1cccc(OC2CN(C(=O)C3CCC(=O)N(C)C3)C2)c1. The van der Waals surface area contributed by atoms with Gasteiger partial charge in [0.1, 0.15) is 11.9 Å². The van der Waals surface area contributed by atoms with Gasteiger partial charge in [0.2, 0.25) is 11.8 Å². The number of piperidine rings is 1. The Bertz CT molecular complexity index is 596. The molecule has 0 aliphatic carbocycles. The van der Waals surface area contributed by atoms with E-state index >= 15 is 0 Å². The van der Waals surface area contributed by atoms with Crippen molar-refractivity contribution in [3.8, 4) is 5.75 Å². The topological polar surface area (TPSA) is 49.9 Å². The number of hydrogen-bond donors (Lipinski definition) is 0. The summed E-state index contributed by atoms with van der Waals surface area (Å²) in [4.78, 5) is 27.5. The molecule has 2 fully saturated rings. The van der Waals surface area contributed by atoms with E-state index in [9.17, 15) is 9.59 Å². The smallest absolute Gasteiger partial charge is 0.227 e. The van der Waals surface area contributed by atoms with E-state index in [1.165, 1.54) is 5.56 Å². The minimum absolute atomic E-state index is 0.0536. The predicted octanol–water partition coefficient (Wildman–Crippen LogP) is 1.71. The van der Waals surface area contributed by atoms with Crippen LogP contribution in [0.2, 0.25) is 0 Å². The van der Waals surface area contributed by atoms with E-state index in [4.69, 9.17) is 4.74 Å². The van der Waals surface area contributed by atoms with Crippen molar-refractivity contribution in [2.45, 2.75) is 32.3 Å². The molecule has 0 bridgehead atoms. The van der Waals surface area contributed by atoms with Gasteiger partial charge in [-0.05, 0) is 30.5 Å². The van der Waals surface area contributed by atoms with Crippen LogP contribution in [0.3, 0.4) is 0 Å². The molecule has 1 unspecified atom stereocenters. The van der Waals surface area contributed by atoms with Gasteiger partial charge in [-0.15, -0.1) is 0 Å². The summed E-state index contributed by atoms with van der Waals surface area (Å²) in [5.41, 5.74) is 1.25. The zero-order valence-corrected chi connectivity index (χ0v) is 13.8. The number of benzene rings is 1. The van der Waals surface area contributed by atoms with Crippen molar-refractivity contribution in [2.75, 3.05) is 26.7 Å². The highest BCUT2D eigenvalue weighted by molar-refractivity contribution is 5.84. The maximum Gasteiger partial charge on any atom is 0.227 e. The molecular formula is C18H24N2O3. The average Bonchev–Trinajstić information content (AvgIpc) is 2.52. The first-order valence-corrected chi connectivity index (χ1v) is 8.35. The molecule has 1 aromatic carbocycles. The molecule has 0 spiro atoms. The third-order valence-electron chi connectivity index (χ3n) is 4.75. The fourth-order valence-electron chi connectivity index (χ4n) is 3.20. The van der Waals surface area contributed by atoms with Gasteiger partial charge in [-0.3, -0.25) is 9.59 Å². The van der Waals surface area contributed by atoms with Crippen LogP contribution >= 0.6 is 0 Å². The third-order valence-corrected chi connectivity index (χ3v) is 4.75. The van der Waals surface area contributed by atoms with Gasteiger partial charge >= 0.3 is 0 Å². The van der Waals surface area contributed by atoms with E-state index in [-0.39, 0.29) is 23.8 Å². The molecule has 5 nitrogen and oxygen atoms in total. The number of aryl methyl sites for hydroxylation is 1. The van der Waals surface area contributed by atoms with E-state index in [2.05, 4.69) is 19.1 Å². The fourth-order valence-corrected chi connectivity index (χ4v) is 3.20. The maximum absolute atomic E-state index is 12.5. The summed E-state index contributed by atoms with van der Waals surface area (Å²) >= 11 is 0. The summed E-state index contributed by atoms with van der Waals surface area (Å²) in [7, 11) is 1.77. The fraction of sp³-hybridized carbons (Fsp3) is 0.556. The molecule has 0 radical (unpaired) electrons. The Labute approximate surface area is 137 Å². The van der Waals surface area contributed by atoms with Gasteiger partial charge in [-0.2, -0.15) is 0 Å². The molecule has 2 saturated heterocycles. The lowest BCUT2D eigenvalue weighted by Crippen LogP contribution is -2.59. The molecule has 2 heterocycles. The Hall–Kier alpha value is -2.04. The average molecular weight is 316 g/mol. The summed E-state index contributed by atoms with van der Waals surface area (Å²) < 4.78 is 5.94. The molecular weight excluding hydrogens is 292 g/mol. The molecule has 2 aliphatic heterocycles. The van der Waals surface area contributed by atoms with Gasteiger partial charge < -0.3 is 14.5 Å². The van der Waals surface area contributed by atoms with E-state index in [1.54, 1.807) is 11.9 Å². The van der Waals surface area contributed by atoms with Crippen molar-refractivity contribution >= 4 is 11.8 Å². The van der Waals surface area contributed by atoms with Crippen LogP contribution in [0, 0.1) is 5.92 Å². The normalized spacial score (nSPS) is 22.0. The monoisotopic (exact) mass is 316 g/mol. The first-order valence-electron chi connectivity index (χ1n) is 8.35. The standard InChI is InChI=1S/C18H24N2O3/c1-3-13-5-4-6-15(9-13)23-16-11-20(12-16)18(22)14-7-8-17(21)19(2)10-14/h4-6,9,14,16H,3,7-8,10-12H2,1-2H3. The van der Waals surface area contributed by atoms with Gasteiger partial charge in [-0.1, -0.05) is 19.1 Å². The van der Waals surface area contributed by atoms with Crippen LogP contribution in [-0.2, 0) is 16.0 Å². The van der Waals surface area contributed by atoms with Crippen LogP contribution in [-0.4, -0.2) is 54.4 Å². The minimum atomic E-state index is -0.0536. The number of carbonyl (C=O) groups excluding carboxylic acids is 2. The molecule has 0 aromatic heterocycles. The Morgan fingerprint density at radius 2 is 2.09 bits per heavy atom. The molecule has 2 amide bonds. The molecule has 124 valence electrons. The molecule has 1 aromatic rings. The molecule has 2 aliphatic rings. The lowest BCUT2D eigenvalue weighted by molar-refractivity contribution is -0.148. The van der Waals surface area contributed by atoms with Gasteiger partial charge in [0.15, 0.2) is 0 Å². The van der Waals surface area contributed by atoms with E-state index < -0.39 is 0 Å². The number of amides is 2. The van der Waals surface area contributed by atoms with Gasteiger partial charge in [0, 0.05) is 20.0 Å². The van der Waals surface area contributed by atoms with Crippen molar-refractivity contribution in [1.82, 2.24) is 9.80 Å². The molecule has 0 N–H and O–H groups in total. The van der Waals surface area contributed by atoms with Crippen molar-refractivity contribution in [3.05, 3.63) is 29.8 Å². The van der Waals surface area contributed by atoms with Crippen LogP contribution < -0.4 is 4.74 Å². The summed E-state index contributed by atoms with van der Waals surface area (Å²) in [6, 6.07) is 8.12. The highest BCUT2D eigenvalue weighted by Crippen LogP contribution is 2.24. The Balaban J connectivity index is 1.48. The summed E-state index contributed by atoms with van der Waals surface area (Å²) in [5, 5.41) is 0. The lowest BCUT2D eigenvalue weighted by Gasteiger charge is -2.42. The highest BCUT2D eigenvalue weighted by atomic mass is 16.5. The number of nitrogens with zero attached hydrogens (tertiary/aromatic N) is 2. The number of rotatable bonds is 4. The summed E-state index contributed by atoms with van der Waals surface area (Å²) in [6.07, 6.45) is 2.21. The van der Waals surface area contributed by atoms with E-state index in [1.807, 2.05) is 17.0 Å². The van der Waals surface area contributed by atoms with Crippen molar-refractivity contribution in [3.63, 3.8) is 0 Å². The summed E-state index contributed by atoms with van der Waals surface area (Å²) in [6.45, 7) is 3.94.